The second-order valence-electron chi connectivity index (χ2n) is 15.9. The number of rotatable bonds is 7. The maximum Gasteiger partial charge on any atom is 0.329 e. The Hall–Kier alpha value is -5.39. The summed E-state index contributed by atoms with van der Waals surface area (Å²) in [5.74, 6) is -6.62. The monoisotopic (exact) mass is 813 g/mol. The molecule has 4 aliphatic rings. The first kappa shape index (κ1) is 43.7. The fourth-order valence-corrected chi connectivity index (χ4v) is 7.96. The van der Waals surface area contributed by atoms with Crippen molar-refractivity contribution in [2.24, 2.45) is 11.8 Å². The lowest BCUT2D eigenvalue weighted by Crippen LogP contribution is -2.63. The molecule has 0 aromatic heterocycles. The van der Waals surface area contributed by atoms with Crippen molar-refractivity contribution in [3.05, 3.63) is 59.3 Å². The van der Waals surface area contributed by atoms with E-state index in [0.717, 1.165) is 17.0 Å². The van der Waals surface area contributed by atoms with Crippen molar-refractivity contribution < 1.29 is 52.2 Å². The molecule has 58 heavy (non-hydrogen) atoms. The fraction of sp³-hybridized carbons (Fsp3) is 0.575. The van der Waals surface area contributed by atoms with Gasteiger partial charge in [0.2, 0.25) is 29.5 Å². The first-order valence-corrected chi connectivity index (χ1v) is 19.6. The number of cyclic esters (lactones) is 1. The third-order valence-corrected chi connectivity index (χ3v) is 11.0. The van der Waals surface area contributed by atoms with Gasteiger partial charge in [-0.05, 0) is 82.1 Å². The summed E-state index contributed by atoms with van der Waals surface area (Å²) in [6, 6.07) is -6.32. The number of likely N-dealkylation sites (N-methyl/N-ethyl adjacent to an activating group) is 1. The lowest BCUT2D eigenvalue weighted by Gasteiger charge is -2.37. The molecule has 18 heteroatoms. The van der Waals surface area contributed by atoms with Crippen LogP contribution in [0.25, 0.3) is 0 Å². The van der Waals surface area contributed by atoms with Gasteiger partial charge in [0.1, 0.15) is 54.0 Å². The van der Waals surface area contributed by atoms with Gasteiger partial charge in [-0.1, -0.05) is 26.0 Å². The van der Waals surface area contributed by atoms with Crippen molar-refractivity contribution in [2.75, 3.05) is 20.1 Å². The Morgan fingerprint density at radius 2 is 1.67 bits per heavy atom. The number of esters is 1. The predicted octanol–water partition coefficient (Wildman–Crippen LogP) is 1.03. The predicted molar refractivity (Wildman–Crippen MR) is 204 cm³/mol. The molecule has 1 aromatic rings. The van der Waals surface area contributed by atoms with Gasteiger partial charge in [0.25, 0.3) is 0 Å². The zero-order valence-electron chi connectivity index (χ0n) is 33.5. The van der Waals surface area contributed by atoms with Crippen LogP contribution in [0, 0.1) is 23.5 Å². The Labute approximate surface area is 335 Å². The molecular formula is C40H53F2N7O9. The average molecular weight is 814 g/mol. The molecule has 1 unspecified atom stereocenters. The summed E-state index contributed by atoms with van der Waals surface area (Å²) < 4.78 is 34.5. The normalized spacial score (nSPS) is 29.5. The number of ether oxygens (including phenoxy) is 1. The number of halogens is 2. The van der Waals surface area contributed by atoms with E-state index in [4.69, 9.17) is 4.74 Å². The van der Waals surface area contributed by atoms with Crippen LogP contribution in [0.5, 0.6) is 0 Å². The number of urea groups is 1. The summed E-state index contributed by atoms with van der Waals surface area (Å²) in [7, 11) is 1.30. The Morgan fingerprint density at radius 3 is 2.31 bits per heavy atom. The Kier molecular flexibility index (Phi) is 13.9. The maximum absolute atomic E-state index is 14.6. The van der Waals surface area contributed by atoms with Gasteiger partial charge in [-0.3, -0.25) is 24.0 Å². The highest BCUT2D eigenvalue weighted by atomic mass is 19.1. The molecule has 1 aromatic carbocycles. The first-order valence-electron chi connectivity index (χ1n) is 19.6. The zero-order chi connectivity index (χ0) is 42.6. The first-order chi connectivity index (χ1) is 27.3. The minimum Gasteiger partial charge on any atom is -0.458 e. The largest absolute Gasteiger partial charge is 0.458 e. The number of nitrogens with one attached hydrogen (secondary N) is 4. The summed E-state index contributed by atoms with van der Waals surface area (Å²) in [5, 5.41) is 21.0. The number of carbonyl (C=O) groups is 7. The van der Waals surface area contributed by atoms with E-state index in [0.29, 0.717) is 24.6 Å². The van der Waals surface area contributed by atoms with Crippen LogP contribution in [0.1, 0.15) is 65.9 Å². The number of allylic oxidation sites excluding steroid dienone is 3. The fourth-order valence-electron chi connectivity index (χ4n) is 7.96. The van der Waals surface area contributed by atoms with E-state index < -0.39 is 108 Å². The molecule has 0 radical (unpaired) electrons. The van der Waals surface area contributed by atoms with Gasteiger partial charge in [-0.2, -0.15) is 0 Å². The van der Waals surface area contributed by atoms with Gasteiger partial charge in [-0.25, -0.2) is 18.4 Å². The lowest BCUT2D eigenvalue weighted by molar-refractivity contribution is -0.163. The standard InChI is InChI=1S/C40H53F2N7O9/c1-20-9-11-28(12-10-20)44-40(57)45-29(17-25-15-26(41)18-27(42)16-25)34(51)46-32-24(5)58-39(56)31-14-21(2)19-49(31)36(53)22(3)43-35(52)33(23(4)50)47(6)37(54)30-8-7-13-48(30)38(32)55/h9,11-12,15-16,18,20-24,29-33,50H,7-8,10,13-14,17,19H2,1-6H3,(H,43,52)(H,46,51)(H2,44,45,57)/t20?,21-,22+,23+,24+,29+,30+,31+,32+,33+/m1/s1. The van der Waals surface area contributed by atoms with Crippen LogP contribution in [0.15, 0.2) is 42.1 Å². The van der Waals surface area contributed by atoms with Gasteiger partial charge < -0.3 is 45.8 Å². The van der Waals surface area contributed by atoms with Crippen LogP contribution < -0.4 is 21.3 Å². The van der Waals surface area contributed by atoms with Crippen molar-refractivity contribution in [2.45, 2.75) is 115 Å². The smallest absolute Gasteiger partial charge is 0.329 e. The third kappa shape index (κ3) is 10.2. The van der Waals surface area contributed by atoms with Gasteiger partial charge in [0.05, 0.1) is 6.10 Å². The molecule has 316 valence electrons. The zero-order valence-corrected chi connectivity index (χ0v) is 33.5. The third-order valence-electron chi connectivity index (χ3n) is 11.0. The van der Waals surface area contributed by atoms with E-state index in [1.807, 2.05) is 19.9 Å². The van der Waals surface area contributed by atoms with E-state index >= 15 is 0 Å². The quantitative estimate of drug-likeness (QED) is 0.249. The molecule has 5 rings (SSSR count). The van der Waals surface area contributed by atoms with Crippen LogP contribution in [0.2, 0.25) is 0 Å². The number of aliphatic hydroxyl groups excluding tert-OH is 1. The average Bonchev–Trinajstić information content (AvgIpc) is 3.80. The molecule has 10 atom stereocenters. The molecule has 16 nitrogen and oxygen atoms in total. The topological polar surface area (TPSA) is 207 Å². The van der Waals surface area contributed by atoms with E-state index in [2.05, 4.69) is 21.3 Å². The minimum atomic E-state index is -1.68. The van der Waals surface area contributed by atoms with Crippen LogP contribution in [-0.2, 0) is 39.9 Å². The van der Waals surface area contributed by atoms with Crippen LogP contribution in [-0.4, -0.2) is 130 Å². The Balaban J connectivity index is 1.51. The maximum atomic E-state index is 14.6. The minimum absolute atomic E-state index is 0.00614. The highest BCUT2D eigenvalue weighted by Crippen LogP contribution is 2.27. The summed E-state index contributed by atoms with van der Waals surface area (Å²) in [5.41, 5.74) is 0.458. The van der Waals surface area contributed by atoms with Crippen molar-refractivity contribution in [1.82, 2.24) is 36.0 Å². The molecule has 0 spiro atoms. The van der Waals surface area contributed by atoms with Gasteiger partial charge in [-0.15, -0.1) is 0 Å². The van der Waals surface area contributed by atoms with Crippen molar-refractivity contribution in [3.63, 3.8) is 0 Å². The number of nitrogens with zero attached hydrogens (tertiary/aromatic N) is 3. The summed E-state index contributed by atoms with van der Waals surface area (Å²) in [4.78, 5) is 101. The highest BCUT2D eigenvalue weighted by Gasteiger charge is 2.47. The molecular weight excluding hydrogens is 760 g/mol. The number of amides is 7. The summed E-state index contributed by atoms with van der Waals surface area (Å²) in [6.45, 7) is 8.08. The summed E-state index contributed by atoms with van der Waals surface area (Å²) >= 11 is 0. The van der Waals surface area contributed by atoms with Crippen molar-refractivity contribution in [3.8, 4) is 0 Å². The van der Waals surface area contributed by atoms with E-state index in [9.17, 15) is 47.4 Å². The molecule has 1 aliphatic carbocycles. The second kappa shape index (κ2) is 18.5. The molecule has 0 bridgehead atoms. The number of hydrogen-bond donors (Lipinski definition) is 5. The van der Waals surface area contributed by atoms with Crippen molar-refractivity contribution in [1.29, 1.82) is 0 Å². The lowest BCUT2D eigenvalue weighted by atomic mass is 10.0. The number of hydrogen-bond acceptors (Lipinski definition) is 9. The van der Waals surface area contributed by atoms with Crippen molar-refractivity contribution >= 4 is 41.5 Å². The highest BCUT2D eigenvalue weighted by molar-refractivity contribution is 5.98. The van der Waals surface area contributed by atoms with Crippen LogP contribution in [0.4, 0.5) is 13.6 Å². The summed E-state index contributed by atoms with van der Waals surface area (Å²) in [6.07, 6.45) is 3.46. The molecule has 3 aliphatic heterocycles. The molecule has 3 fully saturated rings. The number of fused-ring (bicyclic) bond motifs is 2. The van der Waals surface area contributed by atoms with E-state index in [-0.39, 0.29) is 43.3 Å². The van der Waals surface area contributed by atoms with Gasteiger partial charge in [0.15, 0.2) is 0 Å². The number of benzene rings is 1. The number of aliphatic hydroxyl groups is 1. The Morgan fingerprint density at radius 1 is 0.983 bits per heavy atom. The molecule has 7 amide bonds. The van der Waals surface area contributed by atoms with Gasteiger partial charge in [0, 0.05) is 38.3 Å². The second-order valence-corrected chi connectivity index (χ2v) is 15.9. The molecule has 3 heterocycles. The number of carbonyl (C=O) groups excluding carboxylic acids is 7. The molecule has 3 saturated heterocycles. The van der Waals surface area contributed by atoms with Crippen LogP contribution >= 0.6 is 0 Å². The Bertz CT molecular complexity index is 1840. The van der Waals surface area contributed by atoms with E-state index in [1.54, 1.807) is 12.2 Å². The van der Waals surface area contributed by atoms with Crippen LogP contribution in [0.3, 0.4) is 0 Å². The SMILES string of the molecule is CC1C=CC(NC(=O)N[C@@H](Cc2cc(F)cc(F)c2)C(=O)N[C@@H]2C(=O)N3CCC[C@H]3C(=O)N(C)[C@@H]([C@H](C)O)C(=O)N[C@@H](C)C(=O)N3C[C@H](C)C[C@H]3C(=O)O[C@H]2C)=CC1. The molecule has 5 N–H and O–H groups in total. The molecule has 0 saturated carbocycles. The van der Waals surface area contributed by atoms with Gasteiger partial charge >= 0.3 is 12.0 Å². The van der Waals surface area contributed by atoms with E-state index in [1.165, 1.54) is 37.6 Å².